The Bertz CT molecular complexity index is 750. The maximum Gasteiger partial charge on any atom is 0.234 e. The number of carbonyl (C=O) groups excluding carboxylic acids is 2. The second kappa shape index (κ2) is 6.68. The van der Waals surface area contributed by atoms with Crippen molar-refractivity contribution in [3.8, 4) is 0 Å². The summed E-state index contributed by atoms with van der Waals surface area (Å²) >= 11 is 5.95. The van der Waals surface area contributed by atoms with Crippen LogP contribution in [0.1, 0.15) is 6.42 Å². The van der Waals surface area contributed by atoms with Crippen LogP contribution in [-0.4, -0.2) is 50.3 Å². The minimum absolute atomic E-state index is 0.0730. The molecule has 2 saturated heterocycles. The van der Waals surface area contributed by atoms with Crippen molar-refractivity contribution >= 4 is 29.1 Å². The van der Waals surface area contributed by atoms with Gasteiger partial charge in [0.1, 0.15) is 5.60 Å². The highest BCUT2D eigenvalue weighted by Crippen LogP contribution is 2.52. The Morgan fingerprint density at radius 1 is 1.42 bits per heavy atom. The van der Waals surface area contributed by atoms with Crippen molar-refractivity contribution in [3.05, 3.63) is 41.4 Å². The fraction of sp³-hybridized carbons (Fsp3) is 0.474. The van der Waals surface area contributed by atoms with Crippen molar-refractivity contribution in [1.82, 2.24) is 5.32 Å². The van der Waals surface area contributed by atoms with Crippen LogP contribution in [0.4, 0.5) is 5.69 Å². The molecule has 0 aliphatic carbocycles. The van der Waals surface area contributed by atoms with Gasteiger partial charge in [0.25, 0.3) is 0 Å². The van der Waals surface area contributed by atoms with E-state index in [1.54, 1.807) is 24.1 Å². The summed E-state index contributed by atoms with van der Waals surface area (Å²) in [4.78, 5) is 27.5. The Morgan fingerprint density at radius 3 is 2.92 bits per heavy atom. The first-order chi connectivity index (χ1) is 12.6. The predicted octanol–water partition coefficient (Wildman–Crippen LogP) is 1.78. The Balaban J connectivity index is 1.53. The molecule has 2 fully saturated rings. The van der Waals surface area contributed by atoms with Gasteiger partial charge in [0.2, 0.25) is 11.8 Å². The van der Waals surface area contributed by atoms with Gasteiger partial charge in [-0.05, 0) is 30.7 Å². The maximum atomic E-state index is 13.1. The molecule has 4 atom stereocenters. The number of ether oxygens (including phenoxy) is 2. The number of rotatable bonds is 6. The SMILES string of the molecule is COCCCNC(=O)[C@H]1[C@H]2C(=O)N(c3ccc(Cl)cc3)C[C@]23C=C[C@H]1O3. The van der Waals surface area contributed by atoms with E-state index in [2.05, 4.69) is 5.32 Å². The number of methoxy groups -OCH3 is 1. The molecule has 0 saturated carbocycles. The highest BCUT2D eigenvalue weighted by molar-refractivity contribution is 6.30. The van der Waals surface area contributed by atoms with Crippen LogP contribution in [0.3, 0.4) is 0 Å². The zero-order valence-electron chi connectivity index (χ0n) is 14.5. The zero-order valence-corrected chi connectivity index (χ0v) is 15.2. The van der Waals surface area contributed by atoms with Gasteiger partial charge in [0, 0.05) is 31.0 Å². The largest absolute Gasteiger partial charge is 0.385 e. The molecule has 1 aromatic rings. The molecule has 3 heterocycles. The summed E-state index contributed by atoms with van der Waals surface area (Å²) in [5.41, 5.74) is 0.0542. The van der Waals surface area contributed by atoms with Crippen LogP contribution in [0.25, 0.3) is 0 Å². The number of nitrogens with zero attached hydrogens (tertiary/aromatic N) is 1. The van der Waals surface area contributed by atoms with Gasteiger partial charge in [0.05, 0.1) is 24.5 Å². The number of amides is 2. The van der Waals surface area contributed by atoms with Crippen molar-refractivity contribution in [2.45, 2.75) is 18.1 Å². The van der Waals surface area contributed by atoms with E-state index in [0.717, 1.165) is 12.1 Å². The molecule has 7 heteroatoms. The summed E-state index contributed by atoms with van der Waals surface area (Å²) in [5, 5.41) is 3.53. The van der Waals surface area contributed by atoms with Crippen LogP contribution in [0.2, 0.25) is 5.02 Å². The molecule has 4 rings (SSSR count). The van der Waals surface area contributed by atoms with E-state index in [4.69, 9.17) is 21.1 Å². The summed E-state index contributed by atoms with van der Waals surface area (Å²) in [6.07, 6.45) is 4.26. The molecule has 2 amide bonds. The van der Waals surface area contributed by atoms with Crippen LogP contribution in [-0.2, 0) is 19.1 Å². The van der Waals surface area contributed by atoms with Crippen LogP contribution < -0.4 is 10.2 Å². The number of nitrogens with one attached hydrogen (secondary N) is 1. The smallest absolute Gasteiger partial charge is 0.234 e. The third-order valence-corrected chi connectivity index (χ3v) is 5.62. The number of benzene rings is 1. The molecular formula is C19H21ClN2O4. The highest BCUT2D eigenvalue weighted by atomic mass is 35.5. The number of hydrogen-bond donors (Lipinski definition) is 1. The predicted molar refractivity (Wildman–Crippen MR) is 97.0 cm³/mol. The molecule has 0 radical (unpaired) electrons. The minimum atomic E-state index is -0.712. The van der Waals surface area contributed by atoms with E-state index < -0.39 is 17.4 Å². The van der Waals surface area contributed by atoms with E-state index in [1.807, 2.05) is 24.3 Å². The van der Waals surface area contributed by atoms with Gasteiger partial charge in [0.15, 0.2) is 0 Å². The quantitative estimate of drug-likeness (QED) is 0.607. The topological polar surface area (TPSA) is 67.9 Å². The van der Waals surface area contributed by atoms with Crippen molar-refractivity contribution in [3.63, 3.8) is 0 Å². The summed E-state index contributed by atoms with van der Waals surface area (Å²) < 4.78 is 11.1. The standard InChI is InChI=1S/C19H21ClN2O4/c1-25-10-2-9-21-17(23)15-14-7-8-19(26-14)11-22(18(24)16(15)19)13-5-3-12(20)4-6-13/h3-8,14-16H,2,9-11H2,1H3,(H,21,23)/t14-,15-,16+,19-/m1/s1. The molecule has 6 nitrogen and oxygen atoms in total. The van der Waals surface area contributed by atoms with Gasteiger partial charge in [-0.1, -0.05) is 23.8 Å². The van der Waals surface area contributed by atoms with Gasteiger partial charge in [-0.25, -0.2) is 0 Å². The molecule has 26 heavy (non-hydrogen) atoms. The number of halogens is 1. The number of carbonyl (C=O) groups is 2. The Labute approximate surface area is 157 Å². The second-order valence-corrected chi connectivity index (χ2v) is 7.37. The molecule has 1 spiro atoms. The van der Waals surface area contributed by atoms with E-state index in [9.17, 15) is 9.59 Å². The van der Waals surface area contributed by atoms with E-state index in [-0.39, 0.29) is 17.9 Å². The van der Waals surface area contributed by atoms with Crippen molar-refractivity contribution in [2.75, 3.05) is 31.7 Å². The van der Waals surface area contributed by atoms with Gasteiger partial charge in [-0.15, -0.1) is 0 Å². The molecule has 1 aromatic carbocycles. The third-order valence-electron chi connectivity index (χ3n) is 5.37. The van der Waals surface area contributed by atoms with Gasteiger partial charge >= 0.3 is 0 Å². The number of hydrogen-bond acceptors (Lipinski definition) is 4. The molecule has 1 N–H and O–H groups in total. The lowest BCUT2D eigenvalue weighted by Crippen LogP contribution is -2.44. The first-order valence-corrected chi connectivity index (χ1v) is 9.14. The van der Waals surface area contributed by atoms with Gasteiger partial charge in [-0.2, -0.15) is 0 Å². The molecule has 2 bridgehead atoms. The van der Waals surface area contributed by atoms with Crippen molar-refractivity contribution in [1.29, 1.82) is 0 Å². The average molecular weight is 377 g/mol. The summed E-state index contributed by atoms with van der Waals surface area (Å²) in [5.74, 6) is -1.19. The Hall–Kier alpha value is -1.89. The lowest BCUT2D eigenvalue weighted by molar-refractivity contribution is -0.131. The molecule has 0 unspecified atom stereocenters. The lowest BCUT2D eigenvalue weighted by atomic mass is 9.77. The van der Waals surface area contributed by atoms with Crippen molar-refractivity contribution in [2.24, 2.45) is 11.8 Å². The Kier molecular flexibility index (Phi) is 4.50. The third kappa shape index (κ3) is 2.73. The maximum absolute atomic E-state index is 13.1. The zero-order chi connectivity index (χ0) is 18.3. The molecule has 0 aromatic heterocycles. The normalized spacial score (nSPS) is 31.5. The van der Waals surface area contributed by atoms with Crippen molar-refractivity contribution < 1.29 is 19.1 Å². The molecule has 138 valence electrons. The monoisotopic (exact) mass is 376 g/mol. The first-order valence-electron chi connectivity index (χ1n) is 8.76. The minimum Gasteiger partial charge on any atom is -0.385 e. The average Bonchev–Trinajstić information content (AvgIpc) is 3.28. The van der Waals surface area contributed by atoms with Crippen LogP contribution in [0, 0.1) is 11.8 Å². The second-order valence-electron chi connectivity index (χ2n) is 6.94. The highest BCUT2D eigenvalue weighted by Gasteiger charge is 2.66. The summed E-state index contributed by atoms with van der Waals surface area (Å²) in [6, 6.07) is 7.13. The van der Waals surface area contributed by atoms with Gasteiger partial charge in [-0.3, -0.25) is 9.59 Å². The molecule has 3 aliphatic heterocycles. The number of fused-ring (bicyclic) bond motifs is 1. The fourth-order valence-corrected chi connectivity index (χ4v) is 4.31. The molecule has 3 aliphatic rings. The van der Waals surface area contributed by atoms with Crippen LogP contribution in [0.15, 0.2) is 36.4 Å². The van der Waals surface area contributed by atoms with E-state index in [1.165, 1.54) is 0 Å². The first kappa shape index (κ1) is 17.5. The van der Waals surface area contributed by atoms with Gasteiger partial charge < -0.3 is 19.7 Å². The lowest BCUT2D eigenvalue weighted by Gasteiger charge is -2.23. The molecular weight excluding hydrogens is 356 g/mol. The van der Waals surface area contributed by atoms with E-state index >= 15 is 0 Å². The number of anilines is 1. The fourth-order valence-electron chi connectivity index (χ4n) is 4.18. The van der Waals surface area contributed by atoms with E-state index in [0.29, 0.717) is 24.7 Å². The van der Waals surface area contributed by atoms with Crippen LogP contribution >= 0.6 is 11.6 Å². The summed E-state index contributed by atoms with van der Waals surface area (Å²) in [7, 11) is 1.63. The Morgan fingerprint density at radius 2 is 2.19 bits per heavy atom. The summed E-state index contributed by atoms with van der Waals surface area (Å²) in [6.45, 7) is 1.52. The van der Waals surface area contributed by atoms with Crippen LogP contribution in [0.5, 0.6) is 0 Å².